The summed E-state index contributed by atoms with van der Waals surface area (Å²) in [5.74, 6) is -0.798. The summed E-state index contributed by atoms with van der Waals surface area (Å²) in [6, 6.07) is 7.65. The van der Waals surface area contributed by atoms with Gasteiger partial charge in [-0.25, -0.2) is 0 Å². The number of benzene rings is 1. The first-order valence-corrected chi connectivity index (χ1v) is 8.60. The van der Waals surface area contributed by atoms with E-state index >= 15 is 0 Å². The molecule has 27 heavy (non-hydrogen) atoms. The van der Waals surface area contributed by atoms with E-state index in [4.69, 9.17) is 4.74 Å². The Kier molecular flexibility index (Phi) is 5.81. The van der Waals surface area contributed by atoms with E-state index in [9.17, 15) is 18.0 Å². The molecule has 0 saturated carbocycles. The smallest absolute Gasteiger partial charge is 0.379 e. The molecule has 1 aliphatic heterocycles. The molecular formula is C18H21F3N4O2. The van der Waals surface area contributed by atoms with Gasteiger partial charge in [0.25, 0.3) is 5.91 Å². The molecule has 1 aromatic heterocycles. The lowest BCUT2D eigenvalue weighted by Gasteiger charge is -2.26. The summed E-state index contributed by atoms with van der Waals surface area (Å²) in [7, 11) is 1.35. The Hall–Kier alpha value is -2.39. The predicted octanol–water partition coefficient (Wildman–Crippen LogP) is 2.20. The van der Waals surface area contributed by atoms with E-state index in [2.05, 4.69) is 15.3 Å². The van der Waals surface area contributed by atoms with Gasteiger partial charge in [-0.2, -0.15) is 18.3 Å². The third-order valence-electron chi connectivity index (χ3n) is 4.33. The maximum absolute atomic E-state index is 13.0. The Morgan fingerprint density at radius 1 is 1.19 bits per heavy atom. The van der Waals surface area contributed by atoms with Gasteiger partial charge in [-0.1, -0.05) is 24.3 Å². The zero-order valence-corrected chi connectivity index (χ0v) is 14.9. The molecule has 1 aromatic carbocycles. The number of alkyl halides is 3. The Morgan fingerprint density at radius 3 is 2.44 bits per heavy atom. The van der Waals surface area contributed by atoms with E-state index < -0.39 is 23.3 Å². The second-order valence-electron chi connectivity index (χ2n) is 6.45. The minimum absolute atomic E-state index is 0.142. The highest BCUT2D eigenvalue weighted by molar-refractivity contribution is 5.95. The molecule has 9 heteroatoms. The molecule has 2 heterocycles. The van der Waals surface area contributed by atoms with Crippen LogP contribution in [0.25, 0.3) is 0 Å². The molecule has 2 aromatic rings. The average molecular weight is 382 g/mol. The largest absolute Gasteiger partial charge is 0.435 e. The van der Waals surface area contributed by atoms with Crippen molar-refractivity contribution in [3.63, 3.8) is 0 Å². The summed E-state index contributed by atoms with van der Waals surface area (Å²) in [6.07, 6.45) is -3.60. The van der Waals surface area contributed by atoms with Gasteiger partial charge in [-0.05, 0) is 11.1 Å². The number of hydrogen-bond donors (Lipinski definition) is 1. The van der Waals surface area contributed by atoms with Crippen molar-refractivity contribution in [1.82, 2.24) is 20.0 Å². The average Bonchev–Trinajstić information content (AvgIpc) is 3.04. The topological polar surface area (TPSA) is 59.4 Å². The maximum atomic E-state index is 13.0. The first-order valence-electron chi connectivity index (χ1n) is 8.60. The van der Waals surface area contributed by atoms with Crippen LogP contribution in [0.2, 0.25) is 0 Å². The van der Waals surface area contributed by atoms with Crippen molar-refractivity contribution in [2.75, 3.05) is 26.3 Å². The Labute approximate surface area is 154 Å². The fourth-order valence-electron chi connectivity index (χ4n) is 2.92. The number of aromatic nitrogens is 2. The van der Waals surface area contributed by atoms with Gasteiger partial charge in [-0.3, -0.25) is 14.4 Å². The van der Waals surface area contributed by atoms with Crippen LogP contribution in [0.4, 0.5) is 13.2 Å². The van der Waals surface area contributed by atoms with Crippen LogP contribution in [0.1, 0.15) is 27.2 Å². The minimum Gasteiger partial charge on any atom is -0.379 e. The second kappa shape index (κ2) is 8.10. The summed E-state index contributed by atoms with van der Waals surface area (Å²) in [5, 5.41) is 5.87. The number of halogens is 3. The van der Waals surface area contributed by atoms with Crippen LogP contribution < -0.4 is 5.32 Å². The van der Waals surface area contributed by atoms with Gasteiger partial charge in [0.05, 0.1) is 18.8 Å². The Morgan fingerprint density at radius 2 is 1.81 bits per heavy atom. The van der Waals surface area contributed by atoms with Crippen LogP contribution in [0.3, 0.4) is 0 Å². The molecule has 6 nitrogen and oxygen atoms in total. The summed E-state index contributed by atoms with van der Waals surface area (Å²) >= 11 is 0. The van der Waals surface area contributed by atoms with Gasteiger partial charge in [0, 0.05) is 39.4 Å². The quantitative estimate of drug-likeness (QED) is 0.862. The summed E-state index contributed by atoms with van der Waals surface area (Å²) in [4.78, 5) is 14.4. The van der Waals surface area contributed by atoms with E-state index in [1.165, 1.54) is 7.05 Å². The fraction of sp³-hybridized carbons (Fsp3) is 0.444. The number of rotatable bonds is 5. The number of morpholine rings is 1. The third-order valence-corrected chi connectivity index (χ3v) is 4.33. The number of nitrogens with zero attached hydrogens (tertiary/aromatic N) is 3. The van der Waals surface area contributed by atoms with E-state index in [-0.39, 0.29) is 6.54 Å². The van der Waals surface area contributed by atoms with Gasteiger partial charge < -0.3 is 10.1 Å². The van der Waals surface area contributed by atoms with E-state index in [1.54, 1.807) is 0 Å². The van der Waals surface area contributed by atoms with Crippen molar-refractivity contribution in [3.05, 3.63) is 52.8 Å². The monoisotopic (exact) mass is 382 g/mol. The normalized spacial score (nSPS) is 15.7. The van der Waals surface area contributed by atoms with Crippen LogP contribution in [-0.4, -0.2) is 46.9 Å². The van der Waals surface area contributed by atoms with Crippen molar-refractivity contribution >= 4 is 5.91 Å². The molecule has 146 valence electrons. The molecule has 1 fully saturated rings. The Balaban J connectivity index is 1.58. The molecule has 0 atom stereocenters. The predicted molar refractivity (Wildman–Crippen MR) is 91.9 cm³/mol. The number of ether oxygens (including phenoxy) is 1. The molecule has 0 aliphatic carbocycles. The van der Waals surface area contributed by atoms with Crippen LogP contribution >= 0.6 is 0 Å². The van der Waals surface area contributed by atoms with Gasteiger partial charge in [0.2, 0.25) is 0 Å². The summed E-state index contributed by atoms with van der Waals surface area (Å²) in [6.45, 7) is 4.22. The molecular weight excluding hydrogens is 361 g/mol. The van der Waals surface area contributed by atoms with Crippen LogP contribution in [-0.2, 0) is 31.1 Å². The highest BCUT2D eigenvalue weighted by atomic mass is 19.4. The fourth-order valence-corrected chi connectivity index (χ4v) is 2.92. The molecule has 1 aliphatic rings. The molecule has 0 radical (unpaired) electrons. The first kappa shape index (κ1) is 19.4. The van der Waals surface area contributed by atoms with Crippen molar-refractivity contribution in [2.45, 2.75) is 19.3 Å². The van der Waals surface area contributed by atoms with Crippen molar-refractivity contribution < 1.29 is 22.7 Å². The highest BCUT2D eigenvalue weighted by Gasteiger charge is 2.38. The van der Waals surface area contributed by atoms with Crippen LogP contribution in [0.15, 0.2) is 30.5 Å². The molecule has 0 unspecified atom stereocenters. The van der Waals surface area contributed by atoms with Gasteiger partial charge in [0.1, 0.15) is 0 Å². The standard InChI is InChI=1S/C18H21F3N4O2/c1-24-12-15(16(23-24)18(19,20)21)17(26)22-10-13-2-4-14(5-3-13)11-25-6-8-27-9-7-25/h2-5,12H,6-11H2,1H3,(H,22,26). The molecule has 0 bridgehead atoms. The molecule has 1 N–H and O–H groups in total. The SMILES string of the molecule is Cn1cc(C(=O)NCc2ccc(CN3CCOCC3)cc2)c(C(F)(F)F)n1. The van der Waals surface area contributed by atoms with Crippen molar-refractivity contribution in [2.24, 2.45) is 7.05 Å². The minimum atomic E-state index is -4.67. The first-order chi connectivity index (χ1) is 12.8. The zero-order chi connectivity index (χ0) is 19.4. The number of carbonyl (C=O) groups excluding carboxylic acids is 1. The molecule has 1 amide bonds. The van der Waals surface area contributed by atoms with Gasteiger partial charge in [0.15, 0.2) is 5.69 Å². The second-order valence-corrected chi connectivity index (χ2v) is 6.45. The number of hydrogen-bond acceptors (Lipinski definition) is 4. The number of amides is 1. The van der Waals surface area contributed by atoms with Crippen LogP contribution in [0, 0.1) is 0 Å². The van der Waals surface area contributed by atoms with E-state index in [0.717, 1.165) is 54.9 Å². The molecule has 3 rings (SSSR count). The number of nitrogens with one attached hydrogen (secondary N) is 1. The van der Waals surface area contributed by atoms with Crippen LogP contribution in [0.5, 0.6) is 0 Å². The van der Waals surface area contributed by atoms with E-state index in [1.807, 2.05) is 24.3 Å². The molecule has 0 spiro atoms. The lowest BCUT2D eigenvalue weighted by Crippen LogP contribution is -2.35. The van der Waals surface area contributed by atoms with Crippen molar-refractivity contribution in [1.29, 1.82) is 0 Å². The van der Waals surface area contributed by atoms with Gasteiger partial charge in [-0.15, -0.1) is 0 Å². The summed E-state index contributed by atoms with van der Waals surface area (Å²) < 4.78 is 45.2. The van der Waals surface area contributed by atoms with Gasteiger partial charge >= 0.3 is 6.18 Å². The molecule has 1 saturated heterocycles. The summed E-state index contributed by atoms with van der Waals surface area (Å²) in [5.41, 5.74) is 0.294. The lowest BCUT2D eigenvalue weighted by atomic mass is 10.1. The third kappa shape index (κ3) is 5.08. The van der Waals surface area contributed by atoms with Crippen molar-refractivity contribution in [3.8, 4) is 0 Å². The highest BCUT2D eigenvalue weighted by Crippen LogP contribution is 2.30. The maximum Gasteiger partial charge on any atom is 0.435 e. The number of aryl methyl sites for hydroxylation is 1. The van der Waals surface area contributed by atoms with E-state index in [0.29, 0.717) is 0 Å². The lowest BCUT2D eigenvalue weighted by molar-refractivity contribution is -0.141. The number of carbonyl (C=O) groups is 1. The zero-order valence-electron chi connectivity index (χ0n) is 14.9. The Bertz CT molecular complexity index is 781.